The third-order valence-corrected chi connectivity index (χ3v) is 2.67. The van der Waals surface area contributed by atoms with E-state index in [0.717, 1.165) is 5.57 Å². The number of aliphatic imine (C=N–C) groups is 1. The number of nitrogens with one attached hydrogen (secondary N) is 2. The largest absolute Gasteiger partial charge is 0.370 e. The Morgan fingerprint density at radius 3 is 2.59 bits per heavy atom. The summed E-state index contributed by atoms with van der Waals surface area (Å²) < 4.78 is 13.4. The van der Waals surface area contributed by atoms with Crippen molar-refractivity contribution >= 4 is 35.8 Å². The lowest BCUT2D eigenvalue weighted by atomic mass is 10.1. The zero-order valence-electron chi connectivity index (χ0n) is 12.8. The first-order valence-corrected chi connectivity index (χ1v) is 6.62. The predicted octanol–water partition coefficient (Wildman–Crippen LogP) is 1.96. The molecule has 0 saturated carbocycles. The SMILES string of the molecule is C=C(C)CN=C(N)NCCNC(=O)c1ccc(C)c(F)c1.I. The molecule has 122 valence electrons. The molecule has 0 saturated heterocycles. The molecule has 22 heavy (non-hydrogen) atoms. The van der Waals surface area contributed by atoms with Crippen LogP contribution in [0.3, 0.4) is 0 Å². The van der Waals surface area contributed by atoms with Crippen molar-refractivity contribution in [2.75, 3.05) is 19.6 Å². The number of carbonyl (C=O) groups excluding carboxylic acids is 1. The van der Waals surface area contributed by atoms with Crippen LogP contribution in [0.1, 0.15) is 22.8 Å². The summed E-state index contributed by atoms with van der Waals surface area (Å²) in [5.41, 5.74) is 7.34. The Morgan fingerprint density at radius 2 is 2.00 bits per heavy atom. The zero-order valence-corrected chi connectivity index (χ0v) is 15.1. The van der Waals surface area contributed by atoms with Crippen LogP contribution in [-0.2, 0) is 0 Å². The third kappa shape index (κ3) is 7.39. The number of guanidine groups is 1. The van der Waals surface area contributed by atoms with Gasteiger partial charge in [-0.15, -0.1) is 24.0 Å². The quantitative estimate of drug-likeness (QED) is 0.217. The summed E-state index contributed by atoms with van der Waals surface area (Å²) in [5.74, 6) is -0.418. The lowest BCUT2D eigenvalue weighted by Gasteiger charge is -2.08. The van der Waals surface area contributed by atoms with Gasteiger partial charge in [0.25, 0.3) is 5.91 Å². The standard InChI is InChI=1S/C15H21FN4O.HI/c1-10(2)9-20-15(17)19-7-6-18-14(21)12-5-4-11(3)13(16)8-12;/h4-5,8H,1,6-7,9H2,2-3H3,(H,18,21)(H3,17,19,20);1H. The average molecular weight is 420 g/mol. The molecule has 0 spiro atoms. The summed E-state index contributed by atoms with van der Waals surface area (Å²) in [6.45, 7) is 8.48. The van der Waals surface area contributed by atoms with Crippen molar-refractivity contribution < 1.29 is 9.18 Å². The first-order chi connectivity index (χ1) is 9.90. The van der Waals surface area contributed by atoms with Gasteiger partial charge < -0.3 is 16.4 Å². The average Bonchev–Trinajstić information content (AvgIpc) is 2.44. The highest BCUT2D eigenvalue weighted by Crippen LogP contribution is 2.08. The van der Waals surface area contributed by atoms with E-state index in [0.29, 0.717) is 36.7 Å². The molecule has 1 aromatic carbocycles. The van der Waals surface area contributed by atoms with E-state index < -0.39 is 5.82 Å². The third-order valence-electron chi connectivity index (χ3n) is 2.67. The molecule has 0 heterocycles. The number of rotatable bonds is 6. The summed E-state index contributed by atoms with van der Waals surface area (Å²) in [5, 5.41) is 5.53. The van der Waals surface area contributed by atoms with Crippen LogP contribution in [0.4, 0.5) is 4.39 Å². The molecule has 0 radical (unpaired) electrons. The molecule has 7 heteroatoms. The highest BCUT2D eigenvalue weighted by molar-refractivity contribution is 14.0. The molecule has 0 aliphatic carbocycles. The Labute approximate surface area is 147 Å². The fourth-order valence-corrected chi connectivity index (χ4v) is 1.48. The van der Waals surface area contributed by atoms with Crippen molar-refractivity contribution in [1.82, 2.24) is 10.6 Å². The van der Waals surface area contributed by atoms with Gasteiger partial charge in [-0.3, -0.25) is 4.79 Å². The second kappa shape index (κ2) is 10.1. The van der Waals surface area contributed by atoms with E-state index in [1.54, 1.807) is 19.1 Å². The summed E-state index contributed by atoms with van der Waals surface area (Å²) in [6.07, 6.45) is 0. The summed E-state index contributed by atoms with van der Waals surface area (Å²) in [6, 6.07) is 4.38. The monoisotopic (exact) mass is 420 g/mol. The van der Waals surface area contributed by atoms with Gasteiger partial charge in [0.15, 0.2) is 5.96 Å². The smallest absolute Gasteiger partial charge is 0.251 e. The normalized spacial score (nSPS) is 10.6. The van der Waals surface area contributed by atoms with Crippen LogP contribution < -0.4 is 16.4 Å². The molecule has 1 rings (SSSR count). The number of halogens is 2. The number of hydrogen-bond acceptors (Lipinski definition) is 2. The maximum atomic E-state index is 13.4. The van der Waals surface area contributed by atoms with Crippen molar-refractivity contribution in [2.24, 2.45) is 10.7 Å². The van der Waals surface area contributed by atoms with E-state index in [4.69, 9.17) is 5.73 Å². The van der Waals surface area contributed by atoms with Gasteiger partial charge in [0.05, 0.1) is 6.54 Å². The molecule has 0 aliphatic rings. The van der Waals surface area contributed by atoms with Gasteiger partial charge in [0.1, 0.15) is 5.82 Å². The fourth-order valence-electron chi connectivity index (χ4n) is 1.48. The van der Waals surface area contributed by atoms with Crippen LogP contribution in [0.25, 0.3) is 0 Å². The summed E-state index contributed by atoms with van der Waals surface area (Å²) in [4.78, 5) is 15.8. The minimum Gasteiger partial charge on any atom is -0.370 e. The molecular formula is C15H22FIN4O. The van der Waals surface area contributed by atoms with Crippen LogP contribution >= 0.6 is 24.0 Å². The van der Waals surface area contributed by atoms with Crippen molar-refractivity contribution in [1.29, 1.82) is 0 Å². The number of amides is 1. The van der Waals surface area contributed by atoms with Crippen molar-refractivity contribution in [3.63, 3.8) is 0 Å². The molecule has 0 aliphatic heterocycles. The first kappa shape index (κ1) is 20.4. The highest BCUT2D eigenvalue weighted by atomic mass is 127. The predicted molar refractivity (Wildman–Crippen MR) is 98.2 cm³/mol. The Kier molecular flexibility index (Phi) is 9.39. The number of carbonyl (C=O) groups is 1. The molecule has 0 aromatic heterocycles. The Hall–Kier alpha value is -1.64. The van der Waals surface area contributed by atoms with Gasteiger partial charge in [-0.2, -0.15) is 0 Å². The van der Waals surface area contributed by atoms with Crippen LogP contribution in [0.2, 0.25) is 0 Å². The Morgan fingerprint density at radius 1 is 1.36 bits per heavy atom. The fraction of sp³-hybridized carbons (Fsp3) is 0.333. The molecule has 4 N–H and O–H groups in total. The van der Waals surface area contributed by atoms with Gasteiger partial charge in [-0.25, -0.2) is 9.38 Å². The molecular weight excluding hydrogens is 398 g/mol. The topological polar surface area (TPSA) is 79.5 Å². The van der Waals surface area contributed by atoms with Crippen LogP contribution in [0.15, 0.2) is 35.3 Å². The van der Waals surface area contributed by atoms with E-state index in [1.165, 1.54) is 6.07 Å². The number of nitrogens with two attached hydrogens (primary N) is 1. The minimum atomic E-state index is -0.392. The van der Waals surface area contributed by atoms with Crippen molar-refractivity contribution in [3.05, 3.63) is 47.3 Å². The number of hydrogen-bond donors (Lipinski definition) is 3. The minimum absolute atomic E-state index is 0. The van der Waals surface area contributed by atoms with Gasteiger partial charge in [0, 0.05) is 18.7 Å². The summed E-state index contributed by atoms with van der Waals surface area (Å²) in [7, 11) is 0. The molecule has 1 aromatic rings. The Balaban J connectivity index is 0.00000441. The van der Waals surface area contributed by atoms with E-state index in [1.807, 2.05) is 6.92 Å². The highest BCUT2D eigenvalue weighted by Gasteiger charge is 2.07. The number of aryl methyl sites for hydroxylation is 1. The van der Waals surface area contributed by atoms with Gasteiger partial charge in [-0.05, 0) is 31.5 Å². The Bertz CT molecular complexity index is 560. The second-order valence-electron chi connectivity index (χ2n) is 4.81. The molecule has 0 unspecified atom stereocenters. The number of benzene rings is 1. The maximum absolute atomic E-state index is 13.4. The second-order valence-corrected chi connectivity index (χ2v) is 4.81. The van der Waals surface area contributed by atoms with Crippen LogP contribution in [0.5, 0.6) is 0 Å². The molecule has 1 amide bonds. The van der Waals surface area contributed by atoms with Gasteiger partial charge in [-0.1, -0.05) is 18.2 Å². The molecule has 0 fully saturated rings. The van der Waals surface area contributed by atoms with Crippen LogP contribution in [0, 0.1) is 12.7 Å². The molecule has 0 bridgehead atoms. The van der Waals surface area contributed by atoms with Crippen LogP contribution in [-0.4, -0.2) is 31.5 Å². The van der Waals surface area contributed by atoms with E-state index in [2.05, 4.69) is 22.2 Å². The zero-order chi connectivity index (χ0) is 15.8. The van der Waals surface area contributed by atoms with E-state index >= 15 is 0 Å². The lowest BCUT2D eigenvalue weighted by Crippen LogP contribution is -2.38. The van der Waals surface area contributed by atoms with Crippen molar-refractivity contribution in [3.8, 4) is 0 Å². The molecule has 0 atom stereocenters. The van der Waals surface area contributed by atoms with E-state index in [9.17, 15) is 9.18 Å². The molecule has 5 nitrogen and oxygen atoms in total. The number of nitrogens with zero attached hydrogens (tertiary/aromatic N) is 1. The maximum Gasteiger partial charge on any atom is 0.251 e. The van der Waals surface area contributed by atoms with Crippen molar-refractivity contribution in [2.45, 2.75) is 13.8 Å². The lowest BCUT2D eigenvalue weighted by molar-refractivity contribution is 0.0954. The summed E-state index contributed by atoms with van der Waals surface area (Å²) >= 11 is 0. The van der Waals surface area contributed by atoms with Gasteiger partial charge in [0.2, 0.25) is 0 Å². The van der Waals surface area contributed by atoms with Gasteiger partial charge >= 0.3 is 0 Å². The van der Waals surface area contributed by atoms with E-state index in [-0.39, 0.29) is 29.9 Å². The first-order valence-electron chi connectivity index (χ1n) is 6.62.